The van der Waals surface area contributed by atoms with Crippen LogP contribution in [-0.2, 0) is 38.0 Å². The van der Waals surface area contributed by atoms with Crippen LogP contribution in [0.4, 0.5) is 0 Å². The molecule has 3 rings (SSSR count). The Balaban J connectivity index is 2.15. The number of nitrogens with one attached hydrogen (secondary N) is 2. The molecule has 0 aromatic carbocycles. The highest BCUT2D eigenvalue weighted by atomic mass is 16.7. The monoisotopic (exact) mass is 820 g/mol. The molecule has 17 atom stereocenters. The molecule has 3 fully saturated rings. The van der Waals surface area contributed by atoms with Crippen molar-refractivity contribution < 1.29 is 58.4 Å². The van der Waals surface area contributed by atoms with Gasteiger partial charge in [-0.05, 0) is 86.2 Å². The normalized spacial score (nSPS) is 45.6. The average molecular weight is 820 g/mol. The first kappa shape index (κ1) is 50.3. The number of hydrogen-bond acceptors (Lipinski definition) is 15. The van der Waals surface area contributed by atoms with E-state index in [2.05, 4.69) is 31.4 Å². The third kappa shape index (κ3) is 11.7. The molecule has 0 aliphatic carbocycles. The second kappa shape index (κ2) is 20.7. The van der Waals surface area contributed by atoms with Crippen molar-refractivity contribution in [1.29, 1.82) is 0 Å². The van der Waals surface area contributed by atoms with Crippen molar-refractivity contribution in [2.75, 3.05) is 54.6 Å². The minimum atomic E-state index is -1.75. The summed E-state index contributed by atoms with van der Waals surface area (Å²) in [7, 11) is 7.02. The van der Waals surface area contributed by atoms with Gasteiger partial charge in [0.15, 0.2) is 12.6 Å². The lowest BCUT2D eigenvalue weighted by molar-refractivity contribution is -0.334. The Morgan fingerprint density at radius 2 is 1.61 bits per heavy atom. The highest BCUT2D eigenvalue weighted by molar-refractivity contribution is 5.73. The topological polar surface area (TPSA) is 190 Å². The van der Waals surface area contributed by atoms with E-state index in [0.717, 1.165) is 0 Å². The van der Waals surface area contributed by atoms with E-state index in [1.54, 1.807) is 35.0 Å². The third-order valence-electron chi connectivity index (χ3n) is 13.4. The number of ether oxygens (including phenoxy) is 7. The zero-order valence-corrected chi connectivity index (χ0v) is 37.7. The Morgan fingerprint density at radius 1 is 0.965 bits per heavy atom. The van der Waals surface area contributed by atoms with E-state index in [0.29, 0.717) is 32.5 Å². The molecule has 3 aliphatic heterocycles. The number of aliphatic hydroxyl groups excluding tert-OH is 2. The van der Waals surface area contributed by atoms with Crippen LogP contribution in [0.3, 0.4) is 0 Å². The zero-order valence-electron chi connectivity index (χ0n) is 37.7. The van der Waals surface area contributed by atoms with E-state index in [1.165, 1.54) is 6.92 Å². The summed E-state index contributed by atoms with van der Waals surface area (Å²) in [5, 5.41) is 53.8. The fraction of sp³-hybridized carbons (Fsp3) is 0.976. The number of aliphatic hydroxyl groups is 4. The second-order valence-electron chi connectivity index (χ2n) is 18.8. The van der Waals surface area contributed by atoms with Crippen LogP contribution in [0.5, 0.6) is 0 Å². The van der Waals surface area contributed by atoms with Gasteiger partial charge < -0.3 is 69.1 Å². The van der Waals surface area contributed by atoms with Crippen LogP contribution in [0.1, 0.15) is 102 Å². The van der Waals surface area contributed by atoms with Gasteiger partial charge in [-0.1, -0.05) is 34.6 Å². The number of carbonyl (C=O) groups excluding carboxylic acids is 1. The zero-order chi connectivity index (χ0) is 43.3. The molecule has 0 radical (unpaired) electrons. The summed E-state index contributed by atoms with van der Waals surface area (Å²) in [5.41, 5.74) is -4.94. The average Bonchev–Trinajstić information content (AvgIpc) is 3.14. The second-order valence-corrected chi connectivity index (χ2v) is 18.8. The number of rotatable bonds is 12. The fourth-order valence-corrected chi connectivity index (χ4v) is 9.54. The van der Waals surface area contributed by atoms with E-state index < -0.39 is 89.2 Å². The molecule has 3 aliphatic rings. The van der Waals surface area contributed by atoms with Crippen LogP contribution >= 0.6 is 0 Å². The number of hydrogen-bond donors (Lipinski definition) is 6. The number of methoxy groups -OCH3 is 2. The fourth-order valence-electron chi connectivity index (χ4n) is 9.54. The Morgan fingerprint density at radius 3 is 2.19 bits per heavy atom. The molecule has 0 aromatic rings. The molecule has 0 unspecified atom stereocenters. The Kier molecular flexibility index (Phi) is 18.2. The Labute approximate surface area is 343 Å². The predicted octanol–water partition coefficient (Wildman–Crippen LogP) is 2.44. The summed E-state index contributed by atoms with van der Waals surface area (Å²) in [5.74, 6) is -2.48. The minimum Gasteiger partial charge on any atom is -0.459 e. The van der Waals surface area contributed by atoms with E-state index >= 15 is 0 Å². The summed E-state index contributed by atoms with van der Waals surface area (Å²) in [6.07, 6.45) is -5.98. The van der Waals surface area contributed by atoms with Crippen LogP contribution in [0.15, 0.2) is 0 Å². The van der Waals surface area contributed by atoms with E-state index in [1.807, 2.05) is 46.7 Å². The van der Waals surface area contributed by atoms with Gasteiger partial charge in [0.25, 0.3) is 0 Å². The maximum absolute atomic E-state index is 14.4. The number of likely N-dealkylation sites (N-methyl/N-ethyl adjacent to an activating group) is 1. The maximum atomic E-state index is 14.4. The quantitative estimate of drug-likeness (QED) is 0.124. The van der Waals surface area contributed by atoms with Gasteiger partial charge in [-0.3, -0.25) is 4.79 Å². The predicted molar refractivity (Wildman–Crippen MR) is 216 cm³/mol. The highest BCUT2D eigenvalue weighted by Gasteiger charge is 2.58. The molecular formula is C42H81N3O12. The summed E-state index contributed by atoms with van der Waals surface area (Å²) in [4.78, 5) is 16.4. The molecule has 15 heteroatoms. The molecule has 3 heterocycles. The first-order chi connectivity index (χ1) is 26.4. The molecule has 0 amide bonds. The number of carbonyl (C=O) groups is 1. The smallest absolute Gasteiger partial charge is 0.311 e. The molecular weight excluding hydrogens is 738 g/mol. The van der Waals surface area contributed by atoms with Crippen molar-refractivity contribution in [2.24, 2.45) is 23.2 Å². The molecule has 0 bridgehead atoms. The summed E-state index contributed by atoms with van der Waals surface area (Å²) in [6.45, 7) is 22.3. The van der Waals surface area contributed by atoms with Crippen LogP contribution in [0, 0.1) is 23.2 Å². The molecule has 0 aromatic heterocycles. The summed E-state index contributed by atoms with van der Waals surface area (Å²) < 4.78 is 44.1. The highest BCUT2D eigenvalue weighted by Crippen LogP contribution is 2.44. The maximum Gasteiger partial charge on any atom is 0.311 e. The Hall–Kier alpha value is -1.05. The van der Waals surface area contributed by atoms with Crippen LogP contribution < -0.4 is 10.6 Å². The van der Waals surface area contributed by atoms with Crippen LogP contribution in [-0.4, -0.2) is 170 Å². The van der Waals surface area contributed by atoms with Gasteiger partial charge in [0.1, 0.15) is 29.0 Å². The number of nitrogens with zero attached hydrogens (tertiary/aromatic N) is 1. The van der Waals surface area contributed by atoms with Crippen molar-refractivity contribution in [1.82, 2.24) is 15.5 Å². The van der Waals surface area contributed by atoms with Gasteiger partial charge in [-0.2, -0.15) is 0 Å². The molecule has 0 spiro atoms. The molecule has 57 heavy (non-hydrogen) atoms. The lowest BCUT2D eigenvalue weighted by Crippen LogP contribution is -2.70. The first-order valence-electron chi connectivity index (χ1n) is 21.2. The van der Waals surface area contributed by atoms with Gasteiger partial charge in [-0.25, -0.2) is 0 Å². The van der Waals surface area contributed by atoms with Gasteiger partial charge in [0, 0.05) is 58.3 Å². The van der Waals surface area contributed by atoms with Gasteiger partial charge in [0.2, 0.25) is 0 Å². The standard InChI is InChI=1S/C42H81N3O12/c1-16-31-41(11,49)35(47)24(2)22-44-25(3)20-39(8,9)36(57-38-33(46)30(45(12)13)19-26(4)53-38)27(5)34(28(6)37(48)55-31)56-32-21-40(10,52-15)42(50,29(7)54-32)23-43-17-18-51-14/h24-36,38,43-44,46-47,49-50H,16-23H2,1-15H3/t24-,25+,26+,27-,28+,29-,30-,31+,32+,33+,34+,35+,36+,38-,40-,41+,42+/m0/s1. The minimum absolute atomic E-state index is 0.0644. The Bertz CT molecular complexity index is 1240. The van der Waals surface area contributed by atoms with Crippen molar-refractivity contribution in [3.63, 3.8) is 0 Å². The molecule has 0 saturated carbocycles. The van der Waals surface area contributed by atoms with Crippen LogP contribution in [0.25, 0.3) is 0 Å². The van der Waals surface area contributed by atoms with Gasteiger partial charge in [0.05, 0.1) is 43.0 Å². The largest absolute Gasteiger partial charge is 0.459 e. The van der Waals surface area contributed by atoms with Crippen molar-refractivity contribution in [2.45, 2.75) is 186 Å². The van der Waals surface area contributed by atoms with E-state index in [9.17, 15) is 25.2 Å². The van der Waals surface area contributed by atoms with Gasteiger partial charge >= 0.3 is 5.97 Å². The lowest BCUT2D eigenvalue weighted by Gasteiger charge is -2.54. The first-order valence-corrected chi connectivity index (χ1v) is 21.2. The van der Waals surface area contributed by atoms with E-state index in [4.69, 9.17) is 33.2 Å². The van der Waals surface area contributed by atoms with E-state index in [-0.39, 0.29) is 43.5 Å². The third-order valence-corrected chi connectivity index (χ3v) is 13.4. The summed E-state index contributed by atoms with van der Waals surface area (Å²) in [6, 6.07) is -0.273. The molecule has 15 nitrogen and oxygen atoms in total. The number of esters is 1. The summed E-state index contributed by atoms with van der Waals surface area (Å²) >= 11 is 0. The van der Waals surface area contributed by atoms with Crippen molar-refractivity contribution in [3.8, 4) is 0 Å². The van der Waals surface area contributed by atoms with Crippen molar-refractivity contribution >= 4 is 5.97 Å². The number of cyclic esters (lactones) is 1. The molecule has 6 N–H and O–H groups in total. The van der Waals surface area contributed by atoms with Crippen molar-refractivity contribution in [3.05, 3.63) is 0 Å². The SMILES string of the molecule is CC[C@H]1OC(=O)[C@H](C)[C@H](O[C@@H]2C[C@](C)(OC)[C@@](O)(CNCCOC)[C@H](C)O2)[C@H](C)[C@@H](O[C@@H]2O[C@H](C)C[C@H](N(C)C)[C@H]2O)C(C)(C)C[C@@H](C)NC[C@H](C)[C@@H](O)[C@]1(C)O. The van der Waals surface area contributed by atoms with Gasteiger partial charge in [-0.15, -0.1) is 0 Å². The lowest BCUT2D eigenvalue weighted by atomic mass is 9.72. The molecule has 3 saturated heterocycles. The molecule has 336 valence electrons. The van der Waals surface area contributed by atoms with Crippen LogP contribution in [0.2, 0.25) is 0 Å².